The Labute approximate surface area is 140 Å². The van der Waals surface area contributed by atoms with Crippen LogP contribution in [0.4, 0.5) is 4.39 Å². The number of nitrogens with zero attached hydrogens (tertiary/aromatic N) is 1. The molecule has 4 nitrogen and oxygen atoms in total. The van der Waals surface area contributed by atoms with Crippen LogP contribution in [0.5, 0.6) is 11.5 Å². The number of benzene rings is 2. The SMILES string of the molecule is COc1ccc(C2CCCN2C(=O)c2cccc(F)c2)cc1OC. The third kappa shape index (κ3) is 3.07. The molecule has 2 aromatic carbocycles. The molecule has 0 aromatic heterocycles. The van der Waals surface area contributed by atoms with E-state index in [-0.39, 0.29) is 11.9 Å². The van der Waals surface area contributed by atoms with E-state index in [1.54, 1.807) is 31.3 Å². The van der Waals surface area contributed by atoms with Gasteiger partial charge in [-0.15, -0.1) is 0 Å². The number of hydrogen-bond acceptors (Lipinski definition) is 3. The smallest absolute Gasteiger partial charge is 0.254 e. The van der Waals surface area contributed by atoms with Gasteiger partial charge < -0.3 is 14.4 Å². The zero-order chi connectivity index (χ0) is 17.1. The van der Waals surface area contributed by atoms with Crippen LogP contribution in [-0.4, -0.2) is 31.6 Å². The molecule has 0 aliphatic carbocycles. The van der Waals surface area contributed by atoms with Gasteiger partial charge >= 0.3 is 0 Å². The number of halogens is 1. The van der Waals surface area contributed by atoms with Crippen LogP contribution in [0, 0.1) is 5.82 Å². The van der Waals surface area contributed by atoms with Gasteiger partial charge in [0.15, 0.2) is 11.5 Å². The molecule has 0 N–H and O–H groups in total. The molecule has 1 aliphatic heterocycles. The van der Waals surface area contributed by atoms with Crippen LogP contribution in [0.2, 0.25) is 0 Å². The molecule has 2 aromatic rings. The van der Waals surface area contributed by atoms with Gasteiger partial charge in [0.1, 0.15) is 5.82 Å². The van der Waals surface area contributed by atoms with Crippen LogP contribution >= 0.6 is 0 Å². The third-order valence-corrected chi connectivity index (χ3v) is 4.38. The van der Waals surface area contributed by atoms with Gasteiger partial charge in [-0.2, -0.15) is 0 Å². The normalized spacial score (nSPS) is 17.0. The van der Waals surface area contributed by atoms with Crippen molar-refractivity contribution in [3.05, 3.63) is 59.4 Å². The van der Waals surface area contributed by atoms with E-state index in [0.29, 0.717) is 23.6 Å². The fourth-order valence-corrected chi connectivity index (χ4v) is 3.20. The molecule has 3 rings (SSSR count). The highest BCUT2D eigenvalue weighted by molar-refractivity contribution is 5.94. The second-order valence-corrected chi connectivity index (χ2v) is 5.78. The molecule has 0 radical (unpaired) electrons. The second kappa shape index (κ2) is 6.91. The molecule has 1 unspecified atom stereocenters. The molecule has 1 fully saturated rings. The Morgan fingerprint density at radius 3 is 2.62 bits per heavy atom. The standard InChI is InChI=1S/C19H20FNO3/c1-23-17-9-8-13(12-18(17)24-2)16-7-4-10-21(16)19(22)14-5-3-6-15(20)11-14/h3,5-6,8-9,11-12,16H,4,7,10H2,1-2H3. The van der Waals surface area contributed by atoms with Gasteiger partial charge in [0, 0.05) is 12.1 Å². The Balaban J connectivity index is 1.89. The maximum absolute atomic E-state index is 13.4. The molecule has 0 spiro atoms. The van der Waals surface area contributed by atoms with Gasteiger partial charge in [-0.25, -0.2) is 4.39 Å². The summed E-state index contributed by atoms with van der Waals surface area (Å²) in [7, 11) is 3.18. The number of carbonyl (C=O) groups excluding carboxylic acids is 1. The molecule has 1 saturated heterocycles. The Kier molecular flexibility index (Phi) is 4.69. The van der Waals surface area contributed by atoms with Crippen molar-refractivity contribution in [3.63, 3.8) is 0 Å². The zero-order valence-corrected chi connectivity index (χ0v) is 13.8. The number of hydrogen-bond donors (Lipinski definition) is 0. The Morgan fingerprint density at radius 2 is 1.92 bits per heavy atom. The van der Waals surface area contributed by atoms with Crippen LogP contribution in [0.25, 0.3) is 0 Å². The van der Waals surface area contributed by atoms with E-state index in [9.17, 15) is 9.18 Å². The summed E-state index contributed by atoms with van der Waals surface area (Å²) in [5.74, 6) is 0.747. The van der Waals surface area contributed by atoms with E-state index >= 15 is 0 Å². The lowest BCUT2D eigenvalue weighted by Gasteiger charge is -2.26. The number of carbonyl (C=O) groups is 1. The summed E-state index contributed by atoms with van der Waals surface area (Å²) in [6, 6.07) is 11.5. The topological polar surface area (TPSA) is 38.8 Å². The fraction of sp³-hybridized carbons (Fsp3) is 0.316. The Bertz CT molecular complexity index is 747. The van der Waals surface area contributed by atoms with Gasteiger partial charge in [0.05, 0.1) is 20.3 Å². The minimum Gasteiger partial charge on any atom is -0.493 e. The highest BCUT2D eigenvalue weighted by Crippen LogP contribution is 2.37. The van der Waals surface area contributed by atoms with Crippen molar-refractivity contribution in [2.75, 3.05) is 20.8 Å². The van der Waals surface area contributed by atoms with E-state index < -0.39 is 5.82 Å². The van der Waals surface area contributed by atoms with Crippen molar-refractivity contribution >= 4 is 5.91 Å². The van der Waals surface area contributed by atoms with Crippen molar-refractivity contribution in [3.8, 4) is 11.5 Å². The van der Waals surface area contributed by atoms with Gasteiger partial charge in [-0.05, 0) is 48.7 Å². The highest BCUT2D eigenvalue weighted by atomic mass is 19.1. The number of methoxy groups -OCH3 is 2. The van der Waals surface area contributed by atoms with E-state index in [0.717, 1.165) is 18.4 Å². The Hall–Kier alpha value is -2.56. The fourth-order valence-electron chi connectivity index (χ4n) is 3.20. The van der Waals surface area contributed by atoms with Gasteiger partial charge in [0.2, 0.25) is 0 Å². The maximum atomic E-state index is 13.4. The molecule has 1 atom stereocenters. The molecule has 1 aliphatic rings. The largest absolute Gasteiger partial charge is 0.493 e. The third-order valence-electron chi connectivity index (χ3n) is 4.38. The molecule has 5 heteroatoms. The first-order chi connectivity index (χ1) is 11.6. The van der Waals surface area contributed by atoms with Crippen molar-refractivity contribution in [1.82, 2.24) is 4.90 Å². The average molecular weight is 329 g/mol. The maximum Gasteiger partial charge on any atom is 0.254 e. The van der Waals surface area contributed by atoms with E-state index in [2.05, 4.69) is 0 Å². The number of likely N-dealkylation sites (tertiary alicyclic amines) is 1. The predicted octanol–water partition coefficient (Wildman–Crippen LogP) is 3.82. The van der Waals surface area contributed by atoms with Gasteiger partial charge in [0.25, 0.3) is 5.91 Å². The van der Waals surface area contributed by atoms with E-state index in [4.69, 9.17) is 9.47 Å². The lowest BCUT2D eigenvalue weighted by atomic mass is 10.0. The minimum absolute atomic E-state index is 0.0411. The quantitative estimate of drug-likeness (QED) is 0.856. The molecular weight excluding hydrogens is 309 g/mol. The lowest BCUT2D eigenvalue weighted by molar-refractivity contribution is 0.0735. The average Bonchev–Trinajstić information content (AvgIpc) is 3.10. The summed E-state index contributed by atoms with van der Waals surface area (Å²) in [4.78, 5) is 14.6. The highest BCUT2D eigenvalue weighted by Gasteiger charge is 2.31. The first-order valence-corrected chi connectivity index (χ1v) is 7.92. The number of amides is 1. The summed E-state index contributed by atoms with van der Waals surface area (Å²) < 4.78 is 24.0. The van der Waals surface area contributed by atoms with Crippen molar-refractivity contribution in [1.29, 1.82) is 0 Å². The minimum atomic E-state index is -0.400. The second-order valence-electron chi connectivity index (χ2n) is 5.78. The Morgan fingerprint density at radius 1 is 1.12 bits per heavy atom. The molecule has 126 valence electrons. The predicted molar refractivity (Wildman–Crippen MR) is 89.0 cm³/mol. The van der Waals surface area contributed by atoms with Crippen molar-refractivity contribution in [2.45, 2.75) is 18.9 Å². The van der Waals surface area contributed by atoms with Gasteiger partial charge in [-0.1, -0.05) is 12.1 Å². The van der Waals surface area contributed by atoms with Gasteiger partial charge in [-0.3, -0.25) is 4.79 Å². The first kappa shape index (κ1) is 16.3. The van der Waals surface area contributed by atoms with Crippen LogP contribution < -0.4 is 9.47 Å². The molecule has 0 saturated carbocycles. The number of ether oxygens (including phenoxy) is 2. The molecule has 0 bridgehead atoms. The summed E-state index contributed by atoms with van der Waals surface area (Å²) >= 11 is 0. The zero-order valence-electron chi connectivity index (χ0n) is 13.8. The summed E-state index contributed by atoms with van der Waals surface area (Å²) in [5.41, 5.74) is 1.37. The van der Waals surface area contributed by atoms with Crippen LogP contribution in [-0.2, 0) is 0 Å². The number of rotatable bonds is 4. The summed E-state index contributed by atoms with van der Waals surface area (Å²) in [6.07, 6.45) is 1.79. The van der Waals surface area contributed by atoms with E-state index in [1.165, 1.54) is 12.1 Å². The lowest BCUT2D eigenvalue weighted by Crippen LogP contribution is -2.30. The van der Waals surface area contributed by atoms with Crippen molar-refractivity contribution < 1.29 is 18.7 Å². The first-order valence-electron chi connectivity index (χ1n) is 7.92. The molecule has 1 heterocycles. The summed E-state index contributed by atoms with van der Waals surface area (Å²) in [6.45, 7) is 0.661. The van der Waals surface area contributed by atoms with Crippen molar-refractivity contribution in [2.24, 2.45) is 0 Å². The van der Waals surface area contributed by atoms with E-state index in [1.807, 2.05) is 18.2 Å². The van der Waals surface area contributed by atoms with Crippen LogP contribution in [0.15, 0.2) is 42.5 Å². The van der Waals surface area contributed by atoms with Crippen LogP contribution in [0.3, 0.4) is 0 Å². The monoisotopic (exact) mass is 329 g/mol. The molecule has 1 amide bonds. The molecule has 24 heavy (non-hydrogen) atoms. The molecular formula is C19H20FNO3. The van der Waals surface area contributed by atoms with Crippen LogP contribution in [0.1, 0.15) is 34.8 Å². The summed E-state index contributed by atoms with van der Waals surface area (Å²) in [5, 5.41) is 0.